The maximum atomic E-state index is 12.3. The molecule has 0 spiro atoms. The van der Waals surface area contributed by atoms with Crippen LogP contribution in [0.25, 0.3) is 0 Å². The van der Waals surface area contributed by atoms with Gasteiger partial charge in [-0.1, -0.05) is 19.8 Å². The van der Waals surface area contributed by atoms with Gasteiger partial charge >= 0.3 is 6.61 Å². The van der Waals surface area contributed by atoms with Gasteiger partial charge in [0.1, 0.15) is 5.75 Å². The molecule has 1 heterocycles. The summed E-state index contributed by atoms with van der Waals surface area (Å²) in [6.45, 7) is -0.616. The van der Waals surface area contributed by atoms with Gasteiger partial charge in [0.15, 0.2) is 0 Å². The van der Waals surface area contributed by atoms with E-state index in [1.165, 1.54) is 6.07 Å². The summed E-state index contributed by atoms with van der Waals surface area (Å²) in [6.07, 6.45) is 4.27. The van der Waals surface area contributed by atoms with Crippen molar-refractivity contribution >= 4 is 11.6 Å². The first-order chi connectivity index (χ1) is 10.0. The first-order valence-corrected chi connectivity index (χ1v) is 7.44. The molecule has 114 valence electrons. The minimum Gasteiger partial charge on any atom is -0.435 e. The van der Waals surface area contributed by atoms with E-state index in [1.54, 1.807) is 12.1 Å². The predicted octanol–water partition coefficient (Wildman–Crippen LogP) is 4.15. The minimum atomic E-state index is -2.85. The summed E-state index contributed by atoms with van der Waals surface area (Å²) in [5, 5.41) is 2.85. The number of carbonyl (C=O) groups excluding carboxylic acids is 1. The van der Waals surface area contributed by atoms with Gasteiger partial charge in [-0.25, -0.2) is 0 Å². The lowest BCUT2D eigenvalue weighted by molar-refractivity contribution is -0.118. The van der Waals surface area contributed by atoms with Gasteiger partial charge in [0, 0.05) is 5.69 Å². The Morgan fingerprint density at radius 2 is 1.95 bits per heavy atom. The second-order valence-corrected chi connectivity index (χ2v) is 6.11. The molecule has 1 atom stereocenters. The molecule has 1 aliphatic carbocycles. The lowest BCUT2D eigenvalue weighted by atomic mass is 9.74. The number of anilines is 1. The summed E-state index contributed by atoms with van der Waals surface area (Å²) in [5.41, 5.74) is 1.53. The molecule has 1 aromatic rings. The van der Waals surface area contributed by atoms with Gasteiger partial charge in [0.25, 0.3) is 0 Å². The Bertz CT molecular complexity index is 539. The molecule has 1 unspecified atom stereocenters. The van der Waals surface area contributed by atoms with Crippen LogP contribution in [0.15, 0.2) is 18.2 Å². The Morgan fingerprint density at radius 3 is 2.62 bits per heavy atom. The van der Waals surface area contributed by atoms with Crippen LogP contribution in [0.1, 0.15) is 44.1 Å². The SMILES string of the molecule is CC1CCC(C2C(=O)Nc3ccc(OC(F)F)cc32)CC1. The van der Waals surface area contributed by atoms with Crippen molar-refractivity contribution in [2.24, 2.45) is 11.8 Å². The Morgan fingerprint density at radius 1 is 1.24 bits per heavy atom. The Balaban J connectivity index is 1.85. The molecule has 2 aliphatic rings. The Kier molecular flexibility index (Phi) is 3.83. The first-order valence-electron chi connectivity index (χ1n) is 7.44. The van der Waals surface area contributed by atoms with E-state index in [1.807, 2.05) is 0 Å². The van der Waals surface area contributed by atoms with Gasteiger partial charge < -0.3 is 10.1 Å². The van der Waals surface area contributed by atoms with Gasteiger partial charge in [0.2, 0.25) is 5.91 Å². The highest BCUT2D eigenvalue weighted by atomic mass is 19.3. The number of halogens is 2. The normalized spacial score (nSPS) is 28.4. The summed E-state index contributed by atoms with van der Waals surface area (Å²) < 4.78 is 29.1. The maximum absolute atomic E-state index is 12.3. The van der Waals surface area contributed by atoms with Crippen LogP contribution in [-0.4, -0.2) is 12.5 Å². The molecule has 3 nitrogen and oxygen atoms in total. The van der Waals surface area contributed by atoms with Crippen LogP contribution in [0.4, 0.5) is 14.5 Å². The van der Waals surface area contributed by atoms with E-state index in [2.05, 4.69) is 17.0 Å². The maximum Gasteiger partial charge on any atom is 0.387 e. The van der Waals surface area contributed by atoms with E-state index in [9.17, 15) is 13.6 Å². The number of nitrogens with one attached hydrogen (secondary N) is 1. The first kappa shape index (κ1) is 14.3. The van der Waals surface area contributed by atoms with E-state index in [4.69, 9.17) is 0 Å². The molecule has 0 saturated heterocycles. The van der Waals surface area contributed by atoms with Crippen LogP contribution >= 0.6 is 0 Å². The van der Waals surface area contributed by atoms with Crippen molar-refractivity contribution in [1.29, 1.82) is 0 Å². The minimum absolute atomic E-state index is 0.0150. The topological polar surface area (TPSA) is 38.3 Å². The van der Waals surface area contributed by atoms with Crippen molar-refractivity contribution in [3.8, 4) is 5.75 Å². The van der Waals surface area contributed by atoms with Crippen LogP contribution in [0.5, 0.6) is 5.75 Å². The molecule has 1 N–H and O–H groups in total. The van der Waals surface area contributed by atoms with Crippen molar-refractivity contribution in [3.05, 3.63) is 23.8 Å². The van der Waals surface area contributed by atoms with E-state index in [-0.39, 0.29) is 17.6 Å². The molecular formula is C16H19F2NO2. The summed E-state index contributed by atoms with van der Waals surface area (Å²) in [6, 6.07) is 4.70. The second-order valence-electron chi connectivity index (χ2n) is 6.11. The molecule has 1 saturated carbocycles. The van der Waals surface area contributed by atoms with Crippen LogP contribution in [-0.2, 0) is 4.79 Å². The molecule has 1 aromatic carbocycles. The zero-order chi connectivity index (χ0) is 15.0. The molecular weight excluding hydrogens is 276 g/mol. The molecule has 0 aromatic heterocycles. The van der Waals surface area contributed by atoms with Gasteiger partial charge in [0.05, 0.1) is 5.92 Å². The zero-order valence-electron chi connectivity index (χ0n) is 11.9. The van der Waals surface area contributed by atoms with Crippen molar-refractivity contribution in [1.82, 2.24) is 0 Å². The van der Waals surface area contributed by atoms with Gasteiger partial charge in [-0.3, -0.25) is 4.79 Å². The van der Waals surface area contributed by atoms with Gasteiger partial charge in [-0.15, -0.1) is 0 Å². The number of benzene rings is 1. The fourth-order valence-corrected chi connectivity index (χ4v) is 3.53. The molecule has 5 heteroatoms. The molecule has 0 bridgehead atoms. The summed E-state index contributed by atoms with van der Waals surface area (Å²) in [4.78, 5) is 12.2. The molecule has 21 heavy (non-hydrogen) atoms. The van der Waals surface area contributed by atoms with Gasteiger partial charge in [-0.2, -0.15) is 8.78 Å². The highest BCUT2D eigenvalue weighted by Crippen LogP contribution is 2.45. The standard InChI is InChI=1S/C16H19F2NO2/c1-9-2-4-10(5-3-9)14-12-8-11(21-16(17)18)6-7-13(12)19-15(14)20/h6-10,14,16H,2-5H2,1H3,(H,19,20). The van der Waals surface area contributed by atoms with Crippen molar-refractivity contribution in [3.63, 3.8) is 0 Å². The highest BCUT2D eigenvalue weighted by molar-refractivity contribution is 6.03. The number of carbonyl (C=O) groups is 1. The average molecular weight is 295 g/mol. The van der Waals surface area contributed by atoms with Crippen LogP contribution < -0.4 is 10.1 Å². The monoisotopic (exact) mass is 295 g/mol. The largest absolute Gasteiger partial charge is 0.435 e. The van der Waals surface area contributed by atoms with E-state index >= 15 is 0 Å². The second kappa shape index (κ2) is 5.62. The van der Waals surface area contributed by atoms with Crippen molar-refractivity contribution in [2.45, 2.75) is 45.1 Å². The van der Waals surface area contributed by atoms with E-state index in [0.29, 0.717) is 11.8 Å². The van der Waals surface area contributed by atoms with Crippen LogP contribution in [0.2, 0.25) is 0 Å². The van der Waals surface area contributed by atoms with Crippen molar-refractivity contribution in [2.75, 3.05) is 5.32 Å². The smallest absolute Gasteiger partial charge is 0.387 e. The number of fused-ring (bicyclic) bond motifs is 1. The van der Waals surface area contributed by atoms with Gasteiger partial charge in [-0.05, 0) is 48.4 Å². The number of hydrogen-bond donors (Lipinski definition) is 1. The number of ether oxygens (including phenoxy) is 1. The predicted molar refractivity (Wildman–Crippen MR) is 75.6 cm³/mol. The summed E-state index contributed by atoms with van der Waals surface area (Å²) in [7, 11) is 0. The van der Waals surface area contributed by atoms with Crippen LogP contribution in [0.3, 0.4) is 0 Å². The third-order valence-electron chi connectivity index (χ3n) is 4.66. The number of hydrogen-bond acceptors (Lipinski definition) is 2. The highest BCUT2D eigenvalue weighted by Gasteiger charge is 2.38. The third kappa shape index (κ3) is 2.87. The molecule has 1 aliphatic heterocycles. The number of alkyl halides is 2. The third-order valence-corrected chi connectivity index (χ3v) is 4.66. The Labute approximate surface area is 122 Å². The Hall–Kier alpha value is -1.65. The average Bonchev–Trinajstić information content (AvgIpc) is 2.75. The summed E-state index contributed by atoms with van der Waals surface area (Å²) in [5.74, 6) is 0.879. The number of amides is 1. The van der Waals surface area contributed by atoms with E-state index in [0.717, 1.165) is 36.9 Å². The quantitative estimate of drug-likeness (QED) is 0.909. The fraction of sp³-hybridized carbons (Fsp3) is 0.562. The summed E-state index contributed by atoms with van der Waals surface area (Å²) >= 11 is 0. The van der Waals surface area contributed by atoms with E-state index < -0.39 is 6.61 Å². The molecule has 1 fully saturated rings. The molecule has 0 radical (unpaired) electrons. The van der Waals surface area contributed by atoms with Crippen LogP contribution in [0, 0.1) is 11.8 Å². The van der Waals surface area contributed by atoms with Crippen molar-refractivity contribution < 1.29 is 18.3 Å². The fourth-order valence-electron chi connectivity index (χ4n) is 3.53. The number of rotatable bonds is 3. The zero-order valence-corrected chi connectivity index (χ0v) is 11.9. The molecule has 1 amide bonds. The lowest BCUT2D eigenvalue weighted by Crippen LogP contribution is -2.24. The molecule has 3 rings (SSSR count). The lowest BCUT2D eigenvalue weighted by Gasteiger charge is -2.29.